The third-order valence-corrected chi connectivity index (χ3v) is 3.41. The fraction of sp³-hybridized carbons (Fsp3) is 0. The average molecular weight is 406 g/mol. The van der Waals surface area contributed by atoms with Gasteiger partial charge < -0.3 is 4.74 Å². The van der Waals surface area contributed by atoms with Crippen molar-refractivity contribution in [1.82, 2.24) is 0 Å². The van der Waals surface area contributed by atoms with Gasteiger partial charge in [-0.2, -0.15) is 0 Å². The van der Waals surface area contributed by atoms with Crippen molar-refractivity contribution in [2.75, 3.05) is 0 Å². The number of nitrogens with zero attached hydrogens (tertiary/aromatic N) is 4. The molecule has 29 heavy (non-hydrogen) atoms. The zero-order chi connectivity index (χ0) is 21.9. The van der Waals surface area contributed by atoms with Gasteiger partial charge in [0.15, 0.2) is 0 Å². The van der Waals surface area contributed by atoms with Crippen molar-refractivity contribution in [3.05, 3.63) is 88.0 Å². The average Bonchev–Trinajstić information content (AvgIpc) is 2.66. The van der Waals surface area contributed by atoms with E-state index >= 15 is 0 Å². The van der Waals surface area contributed by atoms with E-state index in [4.69, 9.17) is 0 Å². The van der Waals surface area contributed by atoms with Gasteiger partial charge in [-0.05, 0) is 12.1 Å². The molecule has 0 fully saturated rings. The molecule has 15 nitrogen and oxygen atoms in total. The molecule has 0 amide bonds. The van der Waals surface area contributed by atoms with Crippen molar-refractivity contribution in [2.24, 2.45) is 0 Å². The monoisotopic (exact) mass is 406 g/mol. The van der Waals surface area contributed by atoms with Crippen LogP contribution in [0.4, 0.5) is 22.7 Å². The number of nitro groups is 4. The highest BCUT2D eigenvalue weighted by atomic mass is 16.6. The van der Waals surface area contributed by atoms with Crippen LogP contribution in [0.25, 0.3) is 0 Å². The Balaban J connectivity index is 2.50. The van der Waals surface area contributed by atoms with E-state index in [0.29, 0.717) is 0 Å². The highest BCUT2D eigenvalue weighted by molar-refractivity contribution is 6.07. The van der Waals surface area contributed by atoms with Gasteiger partial charge in [-0.3, -0.25) is 40.5 Å². The van der Waals surface area contributed by atoms with Crippen LogP contribution >= 0.6 is 0 Å². The predicted molar refractivity (Wildman–Crippen MR) is 89.2 cm³/mol. The summed E-state index contributed by atoms with van der Waals surface area (Å²) in [4.78, 5) is 63.6. The number of nitro benzene ring substituents is 4. The smallest absolute Gasteiger partial charge is 0.360 e. The van der Waals surface area contributed by atoms with Crippen LogP contribution in [-0.4, -0.2) is 31.6 Å². The van der Waals surface area contributed by atoms with Crippen molar-refractivity contribution in [1.29, 1.82) is 0 Å². The Morgan fingerprint density at radius 2 is 0.966 bits per heavy atom. The minimum atomic E-state index is -1.72. The lowest BCUT2D eigenvalue weighted by Gasteiger charge is -2.05. The molecule has 15 heteroatoms. The lowest BCUT2D eigenvalue weighted by atomic mass is 10.1. The van der Waals surface area contributed by atoms with Gasteiger partial charge in [-0.15, -0.1) is 0 Å². The molecule has 2 aromatic carbocycles. The van der Waals surface area contributed by atoms with E-state index in [9.17, 15) is 50.0 Å². The Kier molecular flexibility index (Phi) is 5.53. The van der Waals surface area contributed by atoms with E-state index in [1.165, 1.54) is 0 Å². The molecule has 0 heterocycles. The van der Waals surface area contributed by atoms with Gasteiger partial charge >= 0.3 is 34.7 Å². The molecule has 0 bridgehead atoms. The standard InChI is InChI=1S/C14H6N4O11/c19-13(7-3-1-5-9(15(21)22)11(7)17(25)26)29-14(20)8-4-2-6-10(16(23)24)12(8)18(27)28/h1-6H. The first kappa shape index (κ1) is 20.5. The summed E-state index contributed by atoms with van der Waals surface area (Å²) in [6.45, 7) is 0. The molecular formula is C14H6N4O11. The minimum absolute atomic E-state index is 0.738. The van der Waals surface area contributed by atoms with Crippen LogP contribution < -0.4 is 0 Å². The van der Waals surface area contributed by atoms with E-state index < -0.39 is 65.5 Å². The highest BCUT2D eigenvalue weighted by Gasteiger charge is 2.36. The molecule has 2 aromatic rings. The first-order chi connectivity index (χ1) is 13.6. The molecule has 0 aliphatic rings. The Morgan fingerprint density at radius 1 is 0.621 bits per heavy atom. The molecule has 148 valence electrons. The first-order valence-corrected chi connectivity index (χ1v) is 7.16. The summed E-state index contributed by atoms with van der Waals surface area (Å²) in [6, 6.07) is 4.85. The van der Waals surface area contributed by atoms with Gasteiger partial charge in [0.05, 0.1) is 19.7 Å². The van der Waals surface area contributed by atoms with E-state index in [-0.39, 0.29) is 0 Å². The van der Waals surface area contributed by atoms with Crippen molar-refractivity contribution < 1.29 is 34.0 Å². The van der Waals surface area contributed by atoms with Crippen LogP contribution in [0.1, 0.15) is 20.7 Å². The fourth-order valence-electron chi connectivity index (χ4n) is 2.26. The van der Waals surface area contributed by atoms with Crippen LogP contribution in [0.15, 0.2) is 36.4 Å². The summed E-state index contributed by atoms with van der Waals surface area (Å²) >= 11 is 0. The van der Waals surface area contributed by atoms with E-state index in [2.05, 4.69) is 4.74 Å². The lowest BCUT2D eigenvalue weighted by molar-refractivity contribution is -0.422. The van der Waals surface area contributed by atoms with Crippen LogP contribution in [-0.2, 0) is 4.74 Å². The number of para-hydroxylation sites is 2. The number of carbonyl (C=O) groups is 2. The highest BCUT2D eigenvalue weighted by Crippen LogP contribution is 2.33. The Bertz CT molecular complexity index is 1010. The van der Waals surface area contributed by atoms with Crippen LogP contribution in [0.2, 0.25) is 0 Å². The molecule has 0 saturated carbocycles. The van der Waals surface area contributed by atoms with Crippen molar-refractivity contribution in [2.45, 2.75) is 0 Å². The van der Waals surface area contributed by atoms with Gasteiger partial charge in [0.25, 0.3) is 0 Å². The molecular weight excluding hydrogens is 400 g/mol. The quantitative estimate of drug-likeness (QED) is 0.293. The minimum Gasteiger partial charge on any atom is -0.385 e. The number of benzene rings is 2. The molecule has 0 radical (unpaired) electrons. The summed E-state index contributed by atoms with van der Waals surface area (Å²) in [5.74, 6) is -3.43. The molecule has 0 unspecified atom stereocenters. The van der Waals surface area contributed by atoms with Gasteiger partial charge in [-0.1, -0.05) is 12.1 Å². The zero-order valence-corrected chi connectivity index (χ0v) is 13.7. The fourth-order valence-corrected chi connectivity index (χ4v) is 2.26. The van der Waals surface area contributed by atoms with E-state index in [1.54, 1.807) is 0 Å². The summed E-state index contributed by atoms with van der Waals surface area (Å²) in [5, 5.41) is 44.0. The van der Waals surface area contributed by atoms with Crippen LogP contribution in [0.3, 0.4) is 0 Å². The topological polar surface area (TPSA) is 216 Å². The van der Waals surface area contributed by atoms with Gasteiger partial charge in [0.1, 0.15) is 11.1 Å². The lowest BCUT2D eigenvalue weighted by Crippen LogP contribution is -2.16. The molecule has 0 atom stereocenters. The summed E-state index contributed by atoms with van der Waals surface area (Å²) in [5.41, 5.74) is -6.57. The maximum Gasteiger partial charge on any atom is 0.360 e. The Hall–Kier alpha value is -4.82. The van der Waals surface area contributed by atoms with Crippen LogP contribution in [0.5, 0.6) is 0 Å². The molecule has 0 aromatic heterocycles. The Morgan fingerprint density at radius 3 is 1.24 bits per heavy atom. The number of ether oxygens (including phenoxy) is 1. The van der Waals surface area contributed by atoms with E-state index in [0.717, 1.165) is 36.4 Å². The van der Waals surface area contributed by atoms with Gasteiger partial charge in [0, 0.05) is 12.1 Å². The van der Waals surface area contributed by atoms with Gasteiger partial charge in [-0.25, -0.2) is 9.59 Å². The number of esters is 2. The molecule has 0 aliphatic carbocycles. The predicted octanol–water partition coefficient (Wildman–Crippen LogP) is 2.32. The SMILES string of the molecule is O=C(OC(=O)c1cccc([N+](=O)[O-])c1[N+](=O)[O-])c1cccc([N+](=O)[O-])c1[N+](=O)[O-]. The largest absolute Gasteiger partial charge is 0.385 e. The van der Waals surface area contributed by atoms with Crippen LogP contribution in [0, 0.1) is 40.5 Å². The molecule has 0 saturated heterocycles. The van der Waals surface area contributed by atoms with Crippen molar-refractivity contribution >= 4 is 34.7 Å². The Labute approximate surface area is 157 Å². The second-order valence-electron chi connectivity index (χ2n) is 5.05. The summed E-state index contributed by atoms with van der Waals surface area (Å²) < 4.78 is 4.34. The second kappa shape index (κ2) is 7.82. The maximum absolute atomic E-state index is 12.2. The van der Waals surface area contributed by atoms with Crippen molar-refractivity contribution in [3.8, 4) is 0 Å². The number of rotatable bonds is 6. The third kappa shape index (κ3) is 3.97. The number of hydrogen-bond donors (Lipinski definition) is 0. The molecule has 0 aliphatic heterocycles. The zero-order valence-electron chi connectivity index (χ0n) is 13.7. The summed E-state index contributed by atoms with van der Waals surface area (Å²) in [6.07, 6.45) is 0. The normalized spacial score (nSPS) is 10.1. The number of hydrogen-bond acceptors (Lipinski definition) is 11. The van der Waals surface area contributed by atoms with Crippen molar-refractivity contribution in [3.63, 3.8) is 0 Å². The molecule has 2 rings (SSSR count). The first-order valence-electron chi connectivity index (χ1n) is 7.16. The van der Waals surface area contributed by atoms with E-state index in [1.807, 2.05) is 0 Å². The summed E-state index contributed by atoms with van der Waals surface area (Å²) in [7, 11) is 0. The number of carbonyl (C=O) groups excluding carboxylic acids is 2. The van der Waals surface area contributed by atoms with Gasteiger partial charge in [0.2, 0.25) is 0 Å². The third-order valence-electron chi connectivity index (χ3n) is 3.41. The molecule has 0 spiro atoms. The molecule has 0 N–H and O–H groups in total. The maximum atomic E-state index is 12.2. The second-order valence-corrected chi connectivity index (χ2v) is 5.05.